The van der Waals surface area contributed by atoms with Gasteiger partial charge in [0.15, 0.2) is 4.75 Å². The highest BCUT2D eigenvalue weighted by atomic mass is 32.2. The lowest BCUT2D eigenvalue weighted by atomic mass is 9.98. The molecule has 2 fully saturated rings. The van der Waals surface area contributed by atoms with E-state index in [-0.39, 0.29) is 45.0 Å². The van der Waals surface area contributed by atoms with Gasteiger partial charge in [-0.1, -0.05) is 0 Å². The number of sulfonamides is 1. The highest BCUT2D eigenvalue weighted by molar-refractivity contribution is 7.91. The first-order valence-corrected chi connectivity index (χ1v) is 12.4. The fourth-order valence-electron chi connectivity index (χ4n) is 4.19. The van der Waals surface area contributed by atoms with Crippen molar-refractivity contribution in [2.45, 2.75) is 17.6 Å². The Hall–Kier alpha value is -2.05. The average molecular weight is 470 g/mol. The molecule has 2 N–H and O–H groups in total. The number of thiophene rings is 1. The minimum atomic E-state index is -4.03. The maximum atomic E-state index is 14.6. The molecule has 0 spiro atoms. The van der Waals surface area contributed by atoms with E-state index in [0.29, 0.717) is 24.3 Å². The first-order valence-electron chi connectivity index (χ1n) is 9.98. The third-order valence-corrected chi connectivity index (χ3v) is 9.35. The van der Waals surface area contributed by atoms with Crippen molar-refractivity contribution in [3.05, 3.63) is 40.8 Å². The molecule has 0 bridgehead atoms. The van der Waals surface area contributed by atoms with Crippen LogP contribution in [0.2, 0.25) is 0 Å². The summed E-state index contributed by atoms with van der Waals surface area (Å²) >= 11 is 1.50. The van der Waals surface area contributed by atoms with Crippen molar-refractivity contribution < 1.29 is 27.5 Å². The Morgan fingerprint density at radius 3 is 2.45 bits per heavy atom. The molecule has 0 radical (unpaired) electrons. The number of halogens is 1. The molecule has 4 rings (SSSR count). The summed E-state index contributed by atoms with van der Waals surface area (Å²) in [4.78, 5) is 14.3. The molecule has 0 saturated carbocycles. The van der Waals surface area contributed by atoms with E-state index in [1.165, 1.54) is 27.2 Å². The van der Waals surface area contributed by atoms with Gasteiger partial charge in [-0.3, -0.25) is 10.0 Å². The number of hydrogen-bond donors (Lipinski definition) is 2. The van der Waals surface area contributed by atoms with Crippen LogP contribution in [0, 0.1) is 5.82 Å². The van der Waals surface area contributed by atoms with Crippen LogP contribution < -0.4 is 10.4 Å². The highest BCUT2D eigenvalue weighted by Gasteiger charge is 2.54. The Morgan fingerprint density at radius 1 is 1.16 bits per heavy atom. The Bertz CT molecular complexity index is 1030. The third kappa shape index (κ3) is 3.96. The topological polar surface area (TPSA) is 99.2 Å². The Kier molecular flexibility index (Phi) is 6.31. The molecule has 168 valence electrons. The Morgan fingerprint density at radius 2 is 1.87 bits per heavy atom. The molecule has 8 nitrogen and oxygen atoms in total. The first-order chi connectivity index (χ1) is 14.9. The number of amides is 1. The van der Waals surface area contributed by atoms with E-state index in [2.05, 4.69) is 0 Å². The predicted molar refractivity (Wildman–Crippen MR) is 115 cm³/mol. The summed E-state index contributed by atoms with van der Waals surface area (Å²) < 4.78 is 46.2. The zero-order valence-electron chi connectivity index (χ0n) is 16.8. The SMILES string of the molecule is O=C(NO)C1(S(=O)(=O)N2CCN(c3ccc(-c4ccsc4)c(F)c3)CC2)CCOCC1. The molecule has 0 aliphatic carbocycles. The molecule has 1 aromatic carbocycles. The van der Waals surface area contributed by atoms with Crippen molar-refractivity contribution in [1.82, 2.24) is 9.79 Å². The lowest BCUT2D eigenvalue weighted by Gasteiger charge is -2.42. The van der Waals surface area contributed by atoms with Gasteiger partial charge in [0.25, 0.3) is 5.91 Å². The zero-order valence-corrected chi connectivity index (χ0v) is 18.4. The van der Waals surface area contributed by atoms with Crippen molar-refractivity contribution in [2.75, 3.05) is 44.3 Å². The van der Waals surface area contributed by atoms with Gasteiger partial charge in [0.05, 0.1) is 0 Å². The molecule has 11 heteroatoms. The molecule has 2 aromatic rings. The molecule has 1 amide bonds. The summed E-state index contributed by atoms with van der Waals surface area (Å²) in [5, 5.41) is 12.9. The molecule has 2 aliphatic rings. The monoisotopic (exact) mass is 469 g/mol. The summed E-state index contributed by atoms with van der Waals surface area (Å²) in [5.74, 6) is -1.25. The standard InChI is InChI=1S/C20H24FN3O5S2/c21-18-13-16(1-2-17(18)15-3-12-30-14-15)23-6-8-24(9-7-23)31(27,28)20(19(25)22-26)4-10-29-11-5-20/h1-3,12-14,26H,4-11H2,(H,22,25). The van der Waals surface area contributed by atoms with Crippen LogP contribution in [0.25, 0.3) is 11.1 Å². The van der Waals surface area contributed by atoms with E-state index in [1.54, 1.807) is 6.07 Å². The van der Waals surface area contributed by atoms with Crippen LogP contribution >= 0.6 is 11.3 Å². The number of piperazine rings is 1. The van der Waals surface area contributed by atoms with Gasteiger partial charge in [0.2, 0.25) is 10.0 Å². The second kappa shape index (κ2) is 8.83. The number of hydroxylamine groups is 1. The number of anilines is 1. The van der Waals surface area contributed by atoms with E-state index in [1.807, 2.05) is 27.8 Å². The minimum absolute atomic E-state index is 0.0167. The van der Waals surface area contributed by atoms with Crippen molar-refractivity contribution >= 4 is 33.0 Å². The van der Waals surface area contributed by atoms with Crippen molar-refractivity contribution in [3.63, 3.8) is 0 Å². The molecule has 3 heterocycles. The van der Waals surface area contributed by atoms with Crippen molar-refractivity contribution in [3.8, 4) is 11.1 Å². The molecule has 2 saturated heterocycles. The smallest absolute Gasteiger partial charge is 0.266 e. The number of nitrogens with one attached hydrogen (secondary N) is 1. The van der Waals surface area contributed by atoms with E-state index in [0.717, 1.165) is 5.56 Å². The van der Waals surface area contributed by atoms with Gasteiger partial charge in [-0.25, -0.2) is 18.3 Å². The van der Waals surface area contributed by atoms with E-state index >= 15 is 0 Å². The third-order valence-electron chi connectivity index (χ3n) is 6.04. The maximum Gasteiger partial charge on any atom is 0.266 e. The number of hydrogen-bond acceptors (Lipinski definition) is 7. The maximum absolute atomic E-state index is 14.6. The quantitative estimate of drug-likeness (QED) is 0.514. The van der Waals surface area contributed by atoms with Gasteiger partial charge in [-0.2, -0.15) is 15.6 Å². The van der Waals surface area contributed by atoms with Crippen molar-refractivity contribution in [1.29, 1.82) is 0 Å². The number of ether oxygens (including phenoxy) is 1. The van der Waals surface area contributed by atoms with Crippen LogP contribution in [0.3, 0.4) is 0 Å². The second-order valence-corrected chi connectivity index (χ2v) is 10.6. The average Bonchev–Trinajstić information content (AvgIpc) is 3.33. The van der Waals surface area contributed by atoms with Crippen LogP contribution in [0.4, 0.5) is 10.1 Å². The number of carbonyl (C=O) groups is 1. The lowest BCUT2D eigenvalue weighted by Crippen LogP contribution is -2.62. The van der Waals surface area contributed by atoms with Crippen LogP contribution in [0.15, 0.2) is 35.0 Å². The lowest BCUT2D eigenvalue weighted by molar-refractivity contribution is -0.134. The predicted octanol–water partition coefficient (Wildman–Crippen LogP) is 2.06. The summed E-state index contributed by atoms with van der Waals surface area (Å²) in [6, 6.07) is 6.90. The zero-order chi connectivity index (χ0) is 22.1. The largest absolute Gasteiger partial charge is 0.381 e. The minimum Gasteiger partial charge on any atom is -0.381 e. The molecule has 1 aromatic heterocycles. The number of nitrogens with zero attached hydrogens (tertiary/aromatic N) is 2. The van der Waals surface area contributed by atoms with Gasteiger partial charge < -0.3 is 9.64 Å². The first kappa shape index (κ1) is 22.2. The number of rotatable bonds is 5. The summed E-state index contributed by atoms with van der Waals surface area (Å²) in [7, 11) is -4.03. The fraction of sp³-hybridized carbons (Fsp3) is 0.450. The van der Waals surface area contributed by atoms with Gasteiger partial charge in [-0.15, -0.1) is 0 Å². The molecular weight excluding hydrogens is 445 g/mol. The molecular formula is C20H24FN3O5S2. The molecule has 0 atom stereocenters. The van der Waals surface area contributed by atoms with Crippen molar-refractivity contribution in [2.24, 2.45) is 0 Å². The number of carbonyl (C=O) groups excluding carboxylic acids is 1. The fourth-order valence-corrected chi connectivity index (χ4v) is 6.95. The van der Waals surface area contributed by atoms with Gasteiger partial charge in [-0.05, 0) is 40.6 Å². The highest BCUT2D eigenvalue weighted by Crippen LogP contribution is 2.34. The molecule has 2 aliphatic heterocycles. The van der Waals surface area contributed by atoms with E-state index < -0.39 is 20.7 Å². The Balaban J connectivity index is 1.49. The van der Waals surface area contributed by atoms with Crippen LogP contribution in [-0.4, -0.2) is 68.0 Å². The second-order valence-electron chi connectivity index (χ2n) is 7.61. The summed E-state index contributed by atoms with van der Waals surface area (Å²) in [5.41, 5.74) is 3.57. The Labute approximate surface area is 184 Å². The van der Waals surface area contributed by atoms with Gasteiger partial charge in [0, 0.05) is 63.5 Å². The van der Waals surface area contributed by atoms with Crippen LogP contribution in [0.1, 0.15) is 12.8 Å². The van der Waals surface area contributed by atoms with Gasteiger partial charge >= 0.3 is 0 Å². The summed E-state index contributed by atoms with van der Waals surface area (Å²) in [6.45, 7) is 1.31. The van der Waals surface area contributed by atoms with Gasteiger partial charge in [0.1, 0.15) is 5.82 Å². The summed E-state index contributed by atoms with van der Waals surface area (Å²) in [6.07, 6.45) is -0.0333. The van der Waals surface area contributed by atoms with Crippen LogP contribution in [0.5, 0.6) is 0 Å². The van der Waals surface area contributed by atoms with E-state index in [4.69, 9.17) is 9.94 Å². The normalized spacial score (nSPS) is 19.9. The van der Waals surface area contributed by atoms with E-state index in [9.17, 15) is 17.6 Å². The van der Waals surface area contributed by atoms with Crippen LogP contribution in [-0.2, 0) is 19.6 Å². The molecule has 31 heavy (non-hydrogen) atoms. The molecule has 0 unspecified atom stereocenters. The number of benzene rings is 1.